The summed E-state index contributed by atoms with van der Waals surface area (Å²) in [4.78, 5) is 12.6. The molecule has 0 atom stereocenters. The van der Waals surface area contributed by atoms with Crippen molar-refractivity contribution in [1.29, 1.82) is 0 Å². The molecule has 102 valence electrons. The van der Waals surface area contributed by atoms with Gasteiger partial charge in [0.15, 0.2) is 5.65 Å². The monoisotopic (exact) mass is 352 g/mol. The molecule has 0 saturated carbocycles. The molecule has 0 unspecified atom stereocenters. The van der Waals surface area contributed by atoms with Crippen LogP contribution < -0.4 is 4.74 Å². The second kappa shape index (κ2) is 5.03. The highest BCUT2D eigenvalue weighted by atomic mass is 79.9. The van der Waals surface area contributed by atoms with Crippen molar-refractivity contribution in [1.82, 2.24) is 19.5 Å². The largest absolute Gasteiger partial charge is 0.496 e. The van der Waals surface area contributed by atoms with Crippen molar-refractivity contribution in [3.8, 4) is 17.1 Å². The van der Waals surface area contributed by atoms with Gasteiger partial charge in [0, 0.05) is 11.5 Å². The second-order valence-corrected chi connectivity index (χ2v) is 5.44. The molecule has 20 heavy (non-hydrogen) atoms. The molecular formula is C13H10BrClN4O. The van der Waals surface area contributed by atoms with E-state index in [1.54, 1.807) is 13.3 Å². The molecule has 2 heterocycles. The molecule has 0 amide bonds. The summed E-state index contributed by atoms with van der Waals surface area (Å²) in [5.74, 6) is 1.48. The van der Waals surface area contributed by atoms with E-state index in [-0.39, 0.29) is 5.28 Å². The van der Waals surface area contributed by atoms with Crippen LogP contribution in [0.4, 0.5) is 0 Å². The minimum atomic E-state index is 0.185. The maximum atomic E-state index is 5.80. The predicted octanol–water partition coefficient (Wildman–Crippen LogP) is 3.45. The molecule has 0 radical (unpaired) electrons. The Balaban J connectivity index is 2.27. The van der Waals surface area contributed by atoms with Gasteiger partial charge in [-0.1, -0.05) is 15.9 Å². The molecule has 2 aromatic heterocycles. The molecule has 0 aliphatic heterocycles. The lowest BCUT2D eigenvalue weighted by molar-refractivity contribution is 0.415. The van der Waals surface area contributed by atoms with Crippen LogP contribution >= 0.6 is 27.5 Å². The average molecular weight is 354 g/mol. The fraction of sp³-hybridized carbons (Fsp3) is 0.154. The molecule has 1 aromatic carbocycles. The van der Waals surface area contributed by atoms with Crippen LogP contribution in [0.15, 0.2) is 28.9 Å². The quantitative estimate of drug-likeness (QED) is 0.662. The van der Waals surface area contributed by atoms with Crippen molar-refractivity contribution in [2.45, 2.75) is 0 Å². The Morgan fingerprint density at radius 2 is 2.10 bits per heavy atom. The van der Waals surface area contributed by atoms with Crippen LogP contribution in [0.5, 0.6) is 5.75 Å². The summed E-state index contributed by atoms with van der Waals surface area (Å²) >= 11 is 9.23. The predicted molar refractivity (Wildman–Crippen MR) is 81.0 cm³/mol. The van der Waals surface area contributed by atoms with Crippen LogP contribution in [0.3, 0.4) is 0 Å². The maximum absolute atomic E-state index is 5.80. The third kappa shape index (κ3) is 2.14. The molecule has 0 spiro atoms. The van der Waals surface area contributed by atoms with E-state index in [1.165, 1.54) is 0 Å². The lowest BCUT2D eigenvalue weighted by Gasteiger charge is -2.08. The molecule has 5 nitrogen and oxygen atoms in total. The van der Waals surface area contributed by atoms with E-state index in [1.807, 2.05) is 29.8 Å². The van der Waals surface area contributed by atoms with Crippen LogP contribution in [-0.2, 0) is 7.05 Å². The minimum absolute atomic E-state index is 0.185. The van der Waals surface area contributed by atoms with Gasteiger partial charge in [-0.3, -0.25) is 0 Å². The number of imidazole rings is 1. The Morgan fingerprint density at radius 1 is 1.30 bits per heavy atom. The van der Waals surface area contributed by atoms with Crippen LogP contribution in [-0.4, -0.2) is 26.6 Å². The number of halogens is 2. The molecular weight excluding hydrogens is 344 g/mol. The molecule has 3 aromatic rings. The summed E-state index contributed by atoms with van der Waals surface area (Å²) in [5, 5.41) is 0.185. The van der Waals surface area contributed by atoms with Gasteiger partial charge in [-0.25, -0.2) is 9.97 Å². The molecule has 3 rings (SSSR count). The average Bonchev–Trinajstić information content (AvgIpc) is 2.75. The van der Waals surface area contributed by atoms with Gasteiger partial charge < -0.3 is 9.30 Å². The first kappa shape index (κ1) is 13.3. The standard InChI is InChI=1S/C13H10BrClN4O/c1-19-9-6-16-13(15)18-11(9)17-12(19)8-4-3-7(14)5-10(8)20-2/h3-6H,1-2H3. The Bertz CT molecular complexity index is 802. The van der Waals surface area contributed by atoms with Gasteiger partial charge in [0.1, 0.15) is 17.1 Å². The first-order valence-corrected chi connectivity index (χ1v) is 6.96. The summed E-state index contributed by atoms with van der Waals surface area (Å²) in [6.45, 7) is 0. The zero-order chi connectivity index (χ0) is 14.3. The first-order valence-electron chi connectivity index (χ1n) is 5.79. The second-order valence-electron chi connectivity index (χ2n) is 4.19. The number of aromatic nitrogens is 4. The van der Waals surface area contributed by atoms with Crippen LogP contribution in [0, 0.1) is 0 Å². The number of methoxy groups -OCH3 is 1. The van der Waals surface area contributed by atoms with Crippen LogP contribution in [0.2, 0.25) is 5.28 Å². The van der Waals surface area contributed by atoms with E-state index in [0.717, 1.165) is 27.1 Å². The summed E-state index contributed by atoms with van der Waals surface area (Å²) in [5.41, 5.74) is 2.26. The fourth-order valence-corrected chi connectivity index (χ4v) is 2.51. The Hall–Kier alpha value is -1.66. The zero-order valence-electron chi connectivity index (χ0n) is 10.8. The van der Waals surface area contributed by atoms with Crippen molar-refractivity contribution < 1.29 is 4.74 Å². The highest BCUT2D eigenvalue weighted by Gasteiger charge is 2.15. The summed E-state index contributed by atoms with van der Waals surface area (Å²) < 4.78 is 8.27. The first-order chi connectivity index (χ1) is 9.60. The molecule has 0 aliphatic rings. The summed E-state index contributed by atoms with van der Waals surface area (Å²) in [6, 6.07) is 5.78. The molecule has 0 bridgehead atoms. The summed E-state index contributed by atoms with van der Waals surface area (Å²) in [7, 11) is 3.54. The third-order valence-corrected chi connectivity index (χ3v) is 3.69. The van der Waals surface area contributed by atoms with Crippen molar-refractivity contribution in [2.75, 3.05) is 7.11 Å². The van der Waals surface area contributed by atoms with Gasteiger partial charge >= 0.3 is 0 Å². The van der Waals surface area contributed by atoms with E-state index in [9.17, 15) is 0 Å². The van der Waals surface area contributed by atoms with Gasteiger partial charge in [0.2, 0.25) is 5.28 Å². The molecule has 0 N–H and O–H groups in total. The van der Waals surface area contributed by atoms with E-state index in [0.29, 0.717) is 5.65 Å². The van der Waals surface area contributed by atoms with Crippen molar-refractivity contribution >= 4 is 38.7 Å². The Kier molecular flexibility index (Phi) is 3.35. The van der Waals surface area contributed by atoms with E-state index in [2.05, 4.69) is 30.9 Å². The summed E-state index contributed by atoms with van der Waals surface area (Å²) in [6.07, 6.45) is 1.66. The number of nitrogens with zero attached hydrogens (tertiary/aromatic N) is 4. The van der Waals surface area contributed by atoms with E-state index < -0.39 is 0 Å². The zero-order valence-corrected chi connectivity index (χ0v) is 13.1. The Labute approximate surface area is 128 Å². The smallest absolute Gasteiger partial charge is 0.224 e. The van der Waals surface area contributed by atoms with Crippen molar-refractivity contribution in [2.24, 2.45) is 7.05 Å². The van der Waals surface area contributed by atoms with E-state index >= 15 is 0 Å². The number of fused-ring (bicyclic) bond motifs is 1. The fourth-order valence-electron chi connectivity index (χ4n) is 2.04. The van der Waals surface area contributed by atoms with Gasteiger partial charge in [-0.2, -0.15) is 4.98 Å². The molecule has 7 heteroatoms. The van der Waals surface area contributed by atoms with Gasteiger partial charge in [0.25, 0.3) is 0 Å². The third-order valence-electron chi connectivity index (χ3n) is 3.02. The van der Waals surface area contributed by atoms with Crippen LogP contribution in [0.25, 0.3) is 22.6 Å². The lowest BCUT2D eigenvalue weighted by atomic mass is 10.2. The van der Waals surface area contributed by atoms with Gasteiger partial charge in [0.05, 0.1) is 18.9 Å². The van der Waals surface area contributed by atoms with E-state index in [4.69, 9.17) is 16.3 Å². The highest BCUT2D eigenvalue weighted by molar-refractivity contribution is 9.10. The van der Waals surface area contributed by atoms with Gasteiger partial charge in [-0.15, -0.1) is 0 Å². The number of benzene rings is 1. The normalized spacial score (nSPS) is 11.0. The molecule has 0 aliphatic carbocycles. The number of rotatable bonds is 2. The Morgan fingerprint density at radius 3 is 2.85 bits per heavy atom. The SMILES string of the molecule is COc1cc(Br)ccc1-c1nc2nc(Cl)ncc2n1C. The minimum Gasteiger partial charge on any atom is -0.496 e. The van der Waals surface area contributed by atoms with Gasteiger partial charge in [-0.05, 0) is 29.8 Å². The number of ether oxygens (including phenoxy) is 1. The molecule has 0 saturated heterocycles. The number of aryl methyl sites for hydroxylation is 1. The topological polar surface area (TPSA) is 52.8 Å². The molecule has 0 fully saturated rings. The maximum Gasteiger partial charge on any atom is 0.224 e. The highest BCUT2D eigenvalue weighted by Crippen LogP contribution is 2.33. The van der Waals surface area contributed by atoms with Crippen LogP contribution in [0.1, 0.15) is 0 Å². The lowest BCUT2D eigenvalue weighted by Crippen LogP contribution is -1.95. The van der Waals surface area contributed by atoms with Crippen molar-refractivity contribution in [3.05, 3.63) is 34.2 Å². The number of hydrogen-bond acceptors (Lipinski definition) is 4. The van der Waals surface area contributed by atoms with Crippen molar-refractivity contribution in [3.63, 3.8) is 0 Å². The number of hydrogen-bond donors (Lipinski definition) is 0.